The van der Waals surface area contributed by atoms with Crippen LogP contribution < -0.4 is 15.8 Å². The number of hydrogen-bond acceptors (Lipinski definition) is 6. The first kappa shape index (κ1) is 24.4. The van der Waals surface area contributed by atoms with E-state index in [1.165, 1.54) is 0 Å². The Labute approximate surface area is 219 Å². The van der Waals surface area contributed by atoms with Gasteiger partial charge in [-0.05, 0) is 49.3 Å². The van der Waals surface area contributed by atoms with Crippen LogP contribution in [0.1, 0.15) is 16.1 Å². The minimum absolute atomic E-state index is 0.208. The number of nitrogens with two attached hydrogens (primary N) is 1. The summed E-state index contributed by atoms with van der Waals surface area (Å²) in [6.45, 7) is 0.660. The summed E-state index contributed by atoms with van der Waals surface area (Å²) >= 11 is 1.59. The fourth-order valence-corrected chi connectivity index (χ4v) is 5.37. The van der Waals surface area contributed by atoms with Gasteiger partial charge in [-0.15, -0.1) is 11.3 Å². The van der Waals surface area contributed by atoms with Crippen molar-refractivity contribution in [1.82, 2.24) is 14.5 Å². The molecule has 0 radical (unpaired) electrons. The van der Waals surface area contributed by atoms with Crippen LogP contribution in [0.25, 0.3) is 32.1 Å². The zero-order valence-corrected chi connectivity index (χ0v) is 21.9. The second-order valence-corrected chi connectivity index (χ2v) is 9.85. The molecule has 3 aromatic heterocycles. The number of pyridine rings is 1. The van der Waals surface area contributed by atoms with Crippen LogP contribution in [0.15, 0.2) is 60.1 Å². The minimum Gasteiger partial charge on any atom is -0.495 e. The highest BCUT2D eigenvalue weighted by molar-refractivity contribution is 7.18. The molecule has 0 saturated carbocycles. The van der Waals surface area contributed by atoms with E-state index in [4.69, 9.17) is 10.5 Å². The van der Waals surface area contributed by atoms with Crippen LogP contribution in [0.2, 0.25) is 0 Å². The normalized spacial score (nSPS) is 11.1. The molecule has 5 aromatic rings. The number of fused-ring (bicyclic) bond motifs is 2. The van der Waals surface area contributed by atoms with Crippen LogP contribution >= 0.6 is 11.3 Å². The molecule has 186 valence electrons. The Hall–Kier alpha value is -4.32. The van der Waals surface area contributed by atoms with Crippen molar-refractivity contribution >= 4 is 49.7 Å². The molecule has 0 aliphatic heterocycles. The van der Waals surface area contributed by atoms with Crippen molar-refractivity contribution in [2.75, 3.05) is 38.8 Å². The van der Waals surface area contributed by atoms with E-state index >= 15 is 0 Å². The summed E-state index contributed by atoms with van der Waals surface area (Å²) in [5.74, 6) is 7.19. The molecule has 3 heterocycles. The summed E-state index contributed by atoms with van der Waals surface area (Å²) in [4.78, 5) is 19.6. The van der Waals surface area contributed by atoms with Crippen LogP contribution in [-0.4, -0.2) is 48.1 Å². The highest BCUT2D eigenvalue weighted by Crippen LogP contribution is 2.40. The lowest BCUT2D eigenvalue weighted by Crippen LogP contribution is -2.16. The van der Waals surface area contributed by atoms with E-state index in [2.05, 4.69) is 27.5 Å². The Morgan fingerprint density at radius 1 is 1.22 bits per heavy atom. The van der Waals surface area contributed by atoms with Crippen molar-refractivity contribution in [3.8, 4) is 28.7 Å². The molecular weight excluding hydrogens is 482 g/mol. The molecule has 8 heteroatoms. The van der Waals surface area contributed by atoms with Gasteiger partial charge in [0.05, 0.1) is 29.6 Å². The number of amides is 1. The van der Waals surface area contributed by atoms with E-state index < -0.39 is 0 Å². The monoisotopic (exact) mass is 509 g/mol. The van der Waals surface area contributed by atoms with Gasteiger partial charge in [0, 0.05) is 35.1 Å². The predicted octanol–water partition coefficient (Wildman–Crippen LogP) is 5.21. The average Bonchev–Trinajstić information content (AvgIpc) is 3.48. The largest absolute Gasteiger partial charge is 0.495 e. The van der Waals surface area contributed by atoms with Gasteiger partial charge >= 0.3 is 0 Å². The van der Waals surface area contributed by atoms with Gasteiger partial charge in [0.15, 0.2) is 0 Å². The van der Waals surface area contributed by atoms with E-state index in [1.807, 2.05) is 79.1 Å². The average molecular weight is 510 g/mol. The molecule has 0 aliphatic rings. The molecule has 7 nitrogen and oxygen atoms in total. The molecule has 2 aromatic carbocycles. The number of nitrogen functional groups attached to an aromatic ring is 1. The summed E-state index contributed by atoms with van der Waals surface area (Å²) < 4.78 is 8.55. The van der Waals surface area contributed by atoms with Gasteiger partial charge in [0.25, 0.3) is 5.91 Å². The molecule has 0 unspecified atom stereocenters. The fourth-order valence-electron chi connectivity index (χ4n) is 4.32. The number of ether oxygens (including phenoxy) is 1. The van der Waals surface area contributed by atoms with Gasteiger partial charge in [0.1, 0.15) is 17.3 Å². The van der Waals surface area contributed by atoms with Gasteiger partial charge in [-0.1, -0.05) is 36.1 Å². The molecule has 0 spiro atoms. The molecule has 1 amide bonds. The number of aryl methyl sites for hydroxylation is 1. The molecule has 5 rings (SSSR count). The predicted molar refractivity (Wildman–Crippen MR) is 152 cm³/mol. The Balaban J connectivity index is 1.48. The second-order valence-electron chi connectivity index (χ2n) is 8.97. The van der Waals surface area contributed by atoms with Crippen molar-refractivity contribution in [3.63, 3.8) is 0 Å². The topological polar surface area (TPSA) is 85.4 Å². The van der Waals surface area contributed by atoms with E-state index in [1.54, 1.807) is 24.6 Å². The van der Waals surface area contributed by atoms with Crippen molar-refractivity contribution in [3.05, 3.63) is 71.4 Å². The minimum atomic E-state index is -0.208. The number of methoxy groups -OCH3 is 1. The van der Waals surface area contributed by atoms with Crippen molar-refractivity contribution in [1.29, 1.82) is 0 Å². The third kappa shape index (κ3) is 4.62. The number of anilines is 2. The number of aromatic nitrogens is 2. The summed E-state index contributed by atoms with van der Waals surface area (Å²) in [6.07, 6.45) is 1.73. The number of carbonyl (C=O) groups is 1. The lowest BCUT2D eigenvalue weighted by Gasteiger charge is -2.13. The standard InChI is InChI=1S/C29H27N5O2S/c1-33(2)13-7-9-20-16-31-28(30)26-21(17-37-27(20)26)18-11-12-22(25(15-18)36-4)32-29(35)24-14-19-8-5-6-10-23(19)34(24)3/h5-6,8,10-12,14-17H,13H2,1-4H3,(H2,30,31)(H,32,35). The molecular formula is C29H27N5O2S. The van der Waals surface area contributed by atoms with E-state index in [9.17, 15) is 4.79 Å². The number of hydrogen-bond donors (Lipinski definition) is 2. The smallest absolute Gasteiger partial charge is 0.272 e. The molecule has 0 atom stereocenters. The van der Waals surface area contributed by atoms with E-state index in [-0.39, 0.29) is 5.91 Å². The van der Waals surface area contributed by atoms with Gasteiger partial charge in [-0.25, -0.2) is 4.98 Å². The highest BCUT2D eigenvalue weighted by Gasteiger charge is 2.18. The third-order valence-electron chi connectivity index (χ3n) is 6.19. The van der Waals surface area contributed by atoms with Crippen molar-refractivity contribution in [2.24, 2.45) is 7.05 Å². The molecule has 0 aliphatic carbocycles. The van der Waals surface area contributed by atoms with Crippen LogP contribution in [0.3, 0.4) is 0 Å². The molecule has 0 fully saturated rings. The van der Waals surface area contributed by atoms with Gasteiger partial charge < -0.3 is 20.4 Å². The zero-order chi connectivity index (χ0) is 26.1. The Bertz CT molecular complexity index is 1700. The third-order valence-corrected chi connectivity index (χ3v) is 7.20. The summed E-state index contributed by atoms with van der Waals surface area (Å²) in [7, 11) is 7.44. The first-order valence-corrected chi connectivity index (χ1v) is 12.6. The Morgan fingerprint density at radius 3 is 2.78 bits per heavy atom. The molecule has 3 N–H and O–H groups in total. The SMILES string of the molecule is COc1cc(-c2csc3c(C#CCN(C)C)cnc(N)c23)ccc1NC(=O)c1cc2ccccc2n1C. The number of para-hydroxylation sites is 1. The number of carbonyl (C=O) groups excluding carboxylic acids is 1. The molecule has 37 heavy (non-hydrogen) atoms. The molecule has 0 saturated heterocycles. The Morgan fingerprint density at radius 2 is 2.03 bits per heavy atom. The quantitative estimate of drug-likeness (QED) is 0.318. The maximum absolute atomic E-state index is 13.1. The number of benzene rings is 2. The lowest BCUT2D eigenvalue weighted by molar-refractivity contribution is 0.101. The second kappa shape index (κ2) is 9.97. The molecule has 0 bridgehead atoms. The summed E-state index contributed by atoms with van der Waals surface area (Å²) in [6, 6.07) is 15.5. The van der Waals surface area contributed by atoms with Crippen LogP contribution in [0.5, 0.6) is 5.75 Å². The van der Waals surface area contributed by atoms with Crippen LogP contribution in [-0.2, 0) is 7.05 Å². The van der Waals surface area contributed by atoms with Gasteiger partial charge in [-0.2, -0.15) is 0 Å². The first-order chi connectivity index (χ1) is 17.9. The van der Waals surface area contributed by atoms with Crippen molar-refractivity contribution in [2.45, 2.75) is 0 Å². The zero-order valence-electron chi connectivity index (χ0n) is 21.1. The number of nitrogens with zero attached hydrogens (tertiary/aromatic N) is 3. The lowest BCUT2D eigenvalue weighted by atomic mass is 10.0. The summed E-state index contributed by atoms with van der Waals surface area (Å²) in [5, 5.41) is 6.94. The van der Waals surface area contributed by atoms with Crippen molar-refractivity contribution < 1.29 is 9.53 Å². The number of thiophene rings is 1. The first-order valence-electron chi connectivity index (χ1n) is 11.7. The fraction of sp³-hybridized carbons (Fsp3) is 0.172. The maximum atomic E-state index is 13.1. The highest BCUT2D eigenvalue weighted by atomic mass is 32.1. The van der Waals surface area contributed by atoms with E-state index in [0.717, 1.165) is 37.7 Å². The van der Waals surface area contributed by atoms with E-state index in [0.29, 0.717) is 29.5 Å². The maximum Gasteiger partial charge on any atom is 0.272 e. The number of rotatable bonds is 5. The summed E-state index contributed by atoms with van der Waals surface area (Å²) in [5.41, 5.74) is 11.2. The van der Waals surface area contributed by atoms with Crippen LogP contribution in [0.4, 0.5) is 11.5 Å². The van der Waals surface area contributed by atoms with Gasteiger partial charge in [0.2, 0.25) is 0 Å². The number of nitrogens with one attached hydrogen (secondary N) is 1. The Kier molecular flexibility index (Phi) is 6.57. The van der Waals surface area contributed by atoms with Gasteiger partial charge in [-0.3, -0.25) is 9.69 Å². The van der Waals surface area contributed by atoms with Crippen LogP contribution in [0, 0.1) is 11.8 Å².